The van der Waals surface area contributed by atoms with Crippen LogP contribution in [0.4, 0.5) is 0 Å². The molecule has 1 heterocycles. The number of halogens is 1. The van der Waals surface area contributed by atoms with E-state index in [-0.39, 0.29) is 0 Å². The number of nitrogens with one attached hydrogen (secondary N) is 1. The molecular weight excluding hydrogens is 222 g/mol. The van der Waals surface area contributed by atoms with Gasteiger partial charge in [-0.2, -0.15) is 0 Å². The summed E-state index contributed by atoms with van der Waals surface area (Å²) in [4.78, 5) is 0. The van der Waals surface area contributed by atoms with Crippen molar-refractivity contribution in [1.82, 2.24) is 5.32 Å². The molecule has 16 heavy (non-hydrogen) atoms. The van der Waals surface area contributed by atoms with Crippen molar-refractivity contribution in [3.8, 4) is 0 Å². The lowest BCUT2D eigenvalue weighted by Gasteiger charge is -2.31. The van der Waals surface area contributed by atoms with Gasteiger partial charge in [0.15, 0.2) is 0 Å². The van der Waals surface area contributed by atoms with Crippen molar-refractivity contribution in [3.05, 3.63) is 34.9 Å². The van der Waals surface area contributed by atoms with Gasteiger partial charge in [-0.1, -0.05) is 29.8 Å². The predicted octanol–water partition coefficient (Wildman–Crippen LogP) is 2.51. The van der Waals surface area contributed by atoms with Gasteiger partial charge in [0.05, 0.1) is 6.61 Å². The maximum absolute atomic E-state index is 6.17. The fourth-order valence-corrected chi connectivity index (χ4v) is 2.54. The second-order valence-corrected chi connectivity index (χ2v) is 4.72. The Balaban J connectivity index is 2.05. The zero-order valence-corrected chi connectivity index (χ0v) is 10.3. The Labute approximate surface area is 102 Å². The van der Waals surface area contributed by atoms with Crippen molar-refractivity contribution in [2.24, 2.45) is 5.92 Å². The molecule has 1 aromatic carbocycles. The van der Waals surface area contributed by atoms with E-state index in [4.69, 9.17) is 16.3 Å². The standard InChI is InChI=1S/C13H18ClNO/c1-15-13-6-7-16-9-11(13)8-10-4-2-3-5-12(10)14/h2-5,11,13,15H,6-9H2,1H3/t11-,13-/m1/s1. The second-order valence-electron chi connectivity index (χ2n) is 4.31. The van der Waals surface area contributed by atoms with E-state index >= 15 is 0 Å². The molecule has 3 heteroatoms. The van der Waals surface area contributed by atoms with Crippen LogP contribution in [-0.2, 0) is 11.2 Å². The van der Waals surface area contributed by atoms with Gasteiger partial charge in [-0.15, -0.1) is 0 Å². The number of benzene rings is 1. The minimum atomic E-state index is 0.527. The third-order valence-electron chi connectivity index (χ3n) is 3.28. The van der Waals surface area contributed by atoms with Crippen LogP contribution in [0.15, 0.2) is 24.3 Å². The Morgan fingerprint density at radius 3 is 3.00 bits per heavy atom. The van der Waals surface area contributed by atoms with Gasteiger partial charge in [0.1, 0.15) is 0 Å². The van der Waals surface area contributed by atoms with Gasteiger partial charge in [-0.3, -0.25) is 0 Å². The van der Waals surface area contributed by atoms with E-state index in [0.29, 0.717) is 12.0 Å². The van der Waals surface area contributed by atoms with Gasteiger partial charge < -0.3 is 10.1 Å². The van der Waals surface area contributed by atoms with E-state index < -0.39 is 0 Å². The molecule has 0 aromatic heterocycles. The summed E-state index contributed by atoms with van der Waals surface area (Å²) in [5.74, 6) is 0.527. The van der Waals surface area contributed by atoms with Gasteiger partial charge in [-0.05, 0) is 31.5 Å². The summed E-state index contributed by atoms with van der Waals surface area (Å²) in [6.07, 6.45) is 2.08. The minimum absolute atomic E-state index is 0.527. The molecule has 1 fully saturated rings. The molecule has 1 aliphatic rings. The number of hydrogen-bond donors (Lipinski definition) is 1. The Kier molecular flexibility index (Phi) is 4.22. The van der Waals surface area contributed by atoms with E-state index in [9.17, 15) is 0 Å². The molecule has 1 aromatic rings. The summed E-state index contributed by atoms with van der Waals surface area (Å²) in [7, 11) is 2.02. The molecule has 0 spiro atoms. The summed E-state index contributed by atoms with van der Waals surface area (Å²) in [5.41, 5.74) is 1.22. The minimum Gasteiger partial charge on any atom is -0.381 e. The number of rotatable bonds is 3. The Morgan fingerprint density at radius 1 is 1.44 bits per heavy atom. The van der Waals surface area contributed by atoms with Crippen LogP contribution in [0, 0.1) is 5.92 Å². The highest BCUT2D eigenvalue weighted by molar-refractivity contribution is 6.31. The van der Waals surface area contributed by atoms with Crippen molar-refractivity contribution in [1.29, 1.82) is 0 Å². The molecule has 0 aliphatic carbocycles. The molecule has 0 saturated carbocycles. The molecule has 2 atom stereocenters. The Hall–Kier alpha value is -0.570. The third-order valence-corrected chi connectivity index (χ3v) is 3.65. The van der Waals surface area contributed by atoms with Crippen LogP contribution >= 0.6 is 11.6 Å². The van der Waals surface area contributed by atoms with Crippen LogP contribution in [0.25, 0.3) is 0 Å². The molecule has 0 amide bonds. The van der Waals surface area contributed by atoms with Crippen molar-refractivity contribution in [2.45, 2.75) is 18.9 Å². The zero-order chi connectivity index (χ0) is 11.4. The molecule has 1 N–H and O–H groups in total. The van der Waals surface area contributed by atoms with E-state index in [0.717, 1.165) is 31.1 Å². The molecule has 0 radical (unpaired) electrons. The van der Waals surface area contributed by atoms with Gasteiger partial charge >= 0.3 is 0 Å². The summed E-state index contributed by atoms with van der Waals surface area (Å²) >= 11 is 6.17. The van der Waals surface area contributed by atoms with Gasteiger partial charge in [-0.25, -0.2) is 0 Å². The summed E-state index contributed by atoms with van der Waals surface area (Å²) in [5, 5.41) is 4.23. The average Bonchev–Trinajstić information content (AvgIpc) is 2.33. The lowest BCUT2D eigenvalue weighted by molar-refractivity contribution is 0.0342. The topological polar surface area (TPSA) is 21.3 Å². The highest BCUT2D eigenvalue weighted by atomic mass is 35.5. The van der Waals surface area contributed by atoms with Crippen LogP contribution in [0.1, 0.15) is 12.0 Å². The Bertz CT molecular complexity index is 342. The first-order chi connectivity index (χ1) is 7.81. The first-order valence-electron chi connectivity index (χ1n) is 5.79. The van der Waals surface area contributed by atoms with Crippen LogP contribution in [0.5, 0.6) is 0 Å². The molecule has 88 valence electrons. The maximum atomic E-state index is 6.17. The average molecular weight is 240 g/mol. The van der Waals surface area contributed by atoms with Gasteiger partial charge in [0.2, 0.25) is 0 Å². The van der Waals surface area contributed by atoms with Gasteiger partial charge in [0, 0.05) is 23.6 Å². The van der Waals surface area contributed by atoms with Gasteiger partial charge in [0.25, 0.3) is 0 Å². The van der Waals surface area contributed by atoms with Crippen LogP contribution in [-0.4, -0.2) is 26.3 Å². The quantitative estimate of drug-likeness (QED) is 0.875. The monoisotopic (exact) mass is 239 g/mol. The van der Waals surface area contributed by atoms with Crippen molar-refractivity contribution in [2.75, 3.05) is 20.3 Å². The van der Waals surface area contributed by atoms with E-state index in [2.05, 4.69) is 11.4 Å². The highest BCUT2D eigenvalue weighted by Gasteiger charge is 2.24. The first-order valence-corrected chi connectivity index (χ1v) is 6.17. The van der Waals surface area contributed by atoms with E-state index in [1.807, 2.05) is 25.2 Å². The summed E-state index contributed by atoms with van der Waals surface area (Å²) in [6.45, 7) is 1.70. The lowest BCUT2D eigenvalue weighted by Crippen LogP contribution is -2.41. The fraction of sp³-hybridized carbons (Fsp3) is 0.538. The Morgan fingerprint density at radius 2 is 2.25 bits per heavy atom. The van der Waals surface area contributed by atoms with Crippen LogP contribution < -0.4 is 5.32 Å². The number of ether oxygens (including phenoxy) is 1. The highest BCUT2D eigenvalue weighted by Crippen LogP contribution is 2.23. The SMILES string of the molecule is CN[C@@H]1CCOC[C@H]1Cc1ccccc1Cl. The molecule has 1 saturated heterocycles. The van der Waals surface area contributed by atoms with Crippen molar-refractivity contribution in [3.63, 3.8) is 0 Å². The summed E-state index contributed by atoms with van der Waals surface area (Å²) in [6, 6.07) is 8.61. The van der Waals surface area contributed by atoms with Crippen molar-refractivity contribution < 1.29 is 4.74 Å². The molecule has 1 aliphatic heterocycles. The van der Waals surface area contributed by atoms with Crippen molar-refractivity contribution >= 4 is 11.6 Å². The fourth-order valence-electron chi connectivity index (χ4n) is 2.32. The molecule has 0 unspecified atom stereocenters. The second kappa shape index (κ2) is 5.67. The molecule has 0 bridgehead atoms. The smallest absolute Gasteiger partial charge is 0.0512 e. The van der Waals surface area contributed by atoms with E-state index in [1.165, 1.54) is 5.56 Å². The predicted molar refractivity (Wildman–Crippen MR) is 66.9 cm³/mol. The van der Waals surface area contributed by atoms with Crippen LogP contribution in [0.3, 0.4) is 0 Å². The maximum Gasteiger partial charge on any atom is 0.0512 e. The molecule has 2 rings (SSSR count). The van der Waals surface area contributed by atoms with E-state index in [1.54, 1.807) is 0 Å². The third kappa shape index (κ3) is 2.76. The number of hydrogen-bond acceptors (Lipinski definition) is 2. The lowest BCUT2D eigenvalue weighted by atomic mass is 9.89. The normalized spacial score (nSPS) is 25.6. The summed E-state index contributed by atoms with van der Waals surface area (Å²) < 4.78 is 5.54. The zero-order valence-electron chi connectivity index (χ0n) is 9.58. The largest absolute Gasteiger partial charge is 0.381 e. The molecular formula is C13H18ClNO. The molecule has 2 nitrogen and oxygen atoms in total. The van der Waals surface area contributed by atoms with Crippen LogP contribution in [0.2, 0.25) is 5.02 Å². The first kappa shape index (κ1) is 11.9.